The maximum Gasteiger partial charge on any atom is 0.271 e. The van der Waals surface area contributed by atoms with Crippen LogP contribution >= 0.6 is 11.3 Å². The van der Waals surface area contributed by atoms with Crippen LogP contribution in [0.5, 0.6) is 0 Å². The van der Waals surface area contributed by atoms with Gasteiger partial charge in [-0.3, -0.25) is 4.79 Å². The summed E-state index contributed by atoms with van der Waals surface area (Å²) in [6, 6.07) is 7.98. The van der Waals surface area contributed by atoms with Gasteiger partial charge in [-0.2, -0.15) is 15.4 Å². The van der Waals surface area contributed by atoms with Crippen molar-refractivity contribution < 1.29 is 4.79 Å². The van der Waals surface area contributed by atoms with E-state index in [0.717, 1.165) is 33.9 Å². The Hall–Kier alpha value is -2.54. The van der Waals surface area contributed by atoms with Crippen LogP contribution in [0.4, 0.5) is 0 Å². The van der Waals surface area contributed by atoms with Crippen molar-refractivity contribution in [3.05, 3.63) is 41.0 Å². The number of benzene rings is 1. The number of primary amides is 1. The Labute approximate surface area is 172 Å². The average Bonchev–Trinajstić information content (AvgIpc) is 3.37. The van der Waals surface area contributed by atoms with Crippen LogP contribution in [-0.4, -0.2) is 26.3 Å². The molecule has 6 nitrogen and oxygen atoms in total. The lowest BCUT2D eigenvalue weighted by atomic mass is 9.49. The largest absolute Gasteiger partial charge is 0.364 e. The summed E-state index contributed by atoms with van der Waals surface area (Å²) < 4.78 is 0. The van der Waals surface area contributed by atoms with Crippen LogP contribution in [0.3, 0.4) is 0 Å². The van der Waals surface area contributed by atoms with Gasteiger partial charge in [0, 0.05) is 21.9 Å². The molecule has 0 spiro atoms. The highest BCUT2D eigenvalue weighted by Crippen LogP contribution is 2.60. The van der Waals surface area contributed by atoms with E-state index in [1.165, 1.54) is 44.2 Å². The SMILES string of the molecule is NC(=O)c1n[nH]nc1-c1ccc(-c2nc(C34CC5CC(CC(C5)C3)C4)cs2)cc1. The van der Waals surface area contributed by atoms with Crippen molar-refractivity contribution in [1.82, 2.24) is 20.4 Å². The number of carbonyl (C=O) groups excluding carboxylic acids is 1. The van der Waals surface area contributed by atoms with E-state index in [4.69, 9.17) is 10.7 Å². The minimum atomic E-state index is -0.585. The number of thiazole rings is 1. The van der Waals surface area contributed by atoms with Gasteiger partial charge in [0.1, 0.15) is 10.7 Å². The fourth-order valence-corrected chi connectivity index (χ4v) is 7.40. The van der Waals surface area contributed by atoms with Crippen LogP contribution in [0.25, 0.3) is 21.8 Å². The Morgan fingerprint density at radius 2 is 1.62 bits per heavy atom. The standard InChI is InChI=1S/C22H23N5OS/c23-20(28)19-18(25-27-26-19)15-1-3-16(4-2-15)21-24-17(11-29-21)22-8-12-5-13(9-22)7-14(6-12)10-22/h1-4,11-14H,5-10H2,(H2,23,28)(H,25,26,27). The van der Waals surface area contributed by atoms with Gasteiger partial charge in [-0.25, -0.2) is 4.98 Å². The predicted octanol–water partition coefficient (Wildman–Crippen LogP) is 4.16. The smallest absolute Gasteiger partial charge is 0.271 e. The number of H-pyrrole nitrogens is 1. The summed E-state index contributed by atoms with van der Waals surface area (Å²) >= 11 is 1.74. The molecule has 4 saturated carbocycles. The zero-order valence-corrected chi connectivity index (χ0v) is 16.9. The molecule has 0 unspecified atom stereocenters. The van der Waals surface area contributed by atoms with Crippen LogP contribution in [0.1, 0.15) is 54.7 Å². The first-order valence-corrected chi connectivity index (χ1v) is 11.2. The van der Waals surface area contributed by atoms with Crippen molar-refractivity contribution in [1.29, 1.82) is 0 Å². The minimum Gasteiger partial charge on any atom is -0.364 e. The molecule has 7 heteroatoms. The molecular formula is C22H23N5OS. The Morgan fingerprint density at radius 1 is 1.00 bits per heavy atom. The third kappa shape index (κ3) is 2.74. The molecule has 4 aliphatic carbocycles. The van der Waals surface area contributed by atoms with Crippen molar-refractivity contribution in [2.75, 3.05) is 0 Å². The number of nitrogens with one attached hydrogen (secondary N) is 1. The van der Waals surface area contributed by atoms with E-state index in [1.54, 1.807) is 11.3 Å². The van der Waals surface area contributed by atoms with Crippen molar-refractivity contribution in [3.8, 4) is 21.8 Å². The van der Waals surface area contributed by atoms with E-state index in [1.807, 2.05) is 24.3 Å². The summed E-state index contributed by atoms with van der Waals surface area (Å²) in [5.74, 6) is 2.19. The second-order valence-corrected chi connectivity index (χ2v) is 10.1. The van der Waals surface area contributed by atoms with Crippen molar-refractivity contribution in [2.45, 2.75) is 43.9 Å². The van der Waals surface area contributed by atoms with Crippen molar-refractivity contribution >= 4 is 17.2 Å². The first-order valence-electron chi connectivity index (χ1n) is 10.4. The summed E-state index contributed by atoms with van der Waals surface area (Å²) in [5, 5.41) is 13.8. The fraction of sp³-hybridized carbons (Fsp3) is 0.455. The van der Waals surface area contributed by atoms with Gasteiger partial charge in [0.15, 0.2) is 5.69 Å². The molecule has 4 bridgehead atoms. The molecule has 4 aliphatic rings. The molecule has 2 aromatic heterocycles. The zero-order chi connectivity index (χ0) is 19.6. The van der Waals surface area contributed by atoms with Gasteiger partial charge in [-0.15, -0.1) is 11.3 Å². The molecule has 7 rings (SSSR count). The number of hydrogen-bond donors (Lipinski definition) is 2. The van der Waals surface area contributed by atoms with Crippen molar-refractivity contribution in [2.24, 2.45) is 23.5 Å². The molecule has 148 valence electrons. The number of nitrogens with two attached hydrogens (primary N) is 1. The molecule has 29 heavy (non-hydrogen) atoms. The van der Waals surface area contributed by atoms with E-state index in [2.05, 4.69) is 20.8 Å². The van der Waals surface area contributed by atoms with Crippen LogP contribution in [0.2, 0.25) is 0 Å². The topological polar surface area (TPSA) is 97.6 Å². The molecule has 0 aliphatic heterocycles. The lowest BCUT2D eigenvalue weighted by Gasteiger charge is -2.56. The molecule has 1 aromatic carbocycles. The molecule has 2 heterocycles. The quantitative estimate of drug-likeness (QED) is 0.681. The normalized spacial score (nSPS) is 30.0. The maximum atomic E-state index is 11.5. The average molecular weight is 406 g/mol. The van der Waals surface area contributed by atoms with E-state index in [0.29, 0.717) is 11.1 Å². The Balaban J connectivity index is 1.29. The third-order valence-electron chi connectivity index (χ3n) is 7.27. The predicted molar refractivity (Wildman–Crippen MR) is 111 cm³/mol. The molecular weight excluding hydrogens is 382 g/mol. The number of aromatic nitrogens is 4. The molecule has 0 saturated heterocycles. The van der Waals surface area contributed by atoms with Gasteiger partial charge in [0.25, 0.3) is 5.91 Å². The number of rotatable bonds is 4. The van der Waals surface area contributed by atoms with E-state index < -0.39 is 5.91 Å². The maximum absolute atomic E-state index is 11.5. The van der Waals surface area contributed by atoms with Gasteiger partial charge in [0.05, 0.1) is 5.69 Å². The Morgan fingerprint density at radius 3 is 2.24 bits per heavy atom. The molecule has 3 N–H and O–H groups in total. The van der Waals surface area contributed by atoms with Crippen LogP contribution in [-0.2, 0) is 5.41 Å². The Kier molecular flexibility index (Phi) is 3.72. The highest BCUT2D eigenvalue weighted by Gasteiger charge is 2.52. The van der Waals surface area contributed by atoms with E-state index >= 15 is 0 Å². The third-order valence-corrected chi connectivity index (χ3v) is 8.16. The second kappa shape index (κ2) is 6.23. The fourth-order valence-electron chi connectivity index (χ4n) is 6.45. The van der Waals surface area contributed by atoms with Gasteiger partial charge in [-0.1, -0.05) is 24.3 Å². The highest BCUT2D eigenvalue weighted by atomic mass is 32.1. The molecule has 0 radical (unpaired) electrons. The summed E-state index contributed by atoms with van der Waals surface area (Å²) in [6.07, 6.45) is 8.36. The lowest BCUT2D eigenvalue weighted by Crippen LogP contribution is -2.48. The summed E-state index contributed by atoms with van der Waals surface area (Å²) in [7, 11) is 0. The van der Waals surface area contributed by atoms with Crippen LogP contribution < -0.4 is 5.73 Å². The minimum absolute atomic E-state index is 0.163. The summed E-state index contributed by atoms with van der Waals surface area (Å²) in [5.41, 5.74) is 9.59. The number of nitrogens with zero attached hydrogens (tertiary/aromatic N) is 3. The first-order chi connectivity index (χ1) is 14.1. The van der Waals surface area contributed by atoms with E-state index in [-0.39, 0.29) is 5.69 Å². The second-order valence-electron chi connectivity index (χ2n) is 9.20. The van der Waals surface area contributed by atoms with Crippen LogP contribution in [0.15, 0.2) is 29.6 Å². The van der Waals surface area contributed by atoms with Crippen molar-refractivity contribution in [3.63, 3.8) is 0 Å². The summed E-state index contributed by atoms with van der Waals surface area (Å²) in [4.78, 5) is 16.6. The number of aromatic amines is 1. The number of hydrogen-bond acceptors (Lipinski definition) is 5. The Bertz CT molecular complexity index is 1050. The van der Waals surface area contributed by atoms with Gasteiger partial charge >= 0.3 is 0 Å². The zero-order valence-electron chi connectivity index (χ0n) is 16.1. The van der Waals surface area contributed by atoms with Crippen LogP contribution in [0, 0.1) is 17.8 Å². The first kappa shape index (κ1) is 17.3. The van der Waals surface area contributed by atoms with Gasteiger partial charge < -0.3 is 5.73 Å². The number of carbonyl (C=O) groups is 1. The molecule has 4 fully saturated rings. The monoisotopic (exact) mass is 405 g/mol. The molecule has 1 amide bonds. The van der Waals surface area contributed by atoms with Gasteiger partial charge in [-0.05, 0) is 56.3 Å². The van der Waals surface area contributed by atoms with E-state index in [9.17, 15) is 4.79 Å². The van der Waals surface area contributed by atoms with Gasteiger partial charge in [0.2, 0.25) is 0 Å². The molecule has 0 atom stereocenters. The summed E-state index contributed by atoms with van der Waals surface area (Å²) in [6.45, 7) is 0. The number of amides is 1. The highest BCUT2D eigenvalue weighted by molar-refractivity contribution is 7.13. The lowest BCUT2D eigenvalue weighted by molar-refractivity contribution is -0.00689. The molecule has 3 aromatic rings.